The summed E-state index contributed by atoms with van der Waals surface area (Å²) in [5.41, 5.74) is 2.39. The zero-order chi connectivity index (χ0) is 23.7. The van der Waals surface area contributed by atoms with Crippen LogP contribution >= 0.6 is 0 Å². The average molecular weight is 462 g/mol. The van der Waals surface area contributed by atoms with Crippen molar-refractivity contribution >= 4 is 11.9 Å². The minimum atomic E-state index is -1.69. The molecule has 8 nitrogen and oxygen atoms in total. The average Bonchev–Trinajstić information content (AvgIpc) is 3.33. The Morgan fingerprint density at radius 3 is 2.21 bits per heavy atom. The Kier molecular flexibility index (Phi) is 5.91. The summed E-state index contributed by atoms with van der Waals surface area (Å²) < 4.78 is 5.47. The smallest absolute Gasteiger partial charge is 0.321 e. The summed E-state index contributed by atoms with van der Waals surface area (Å²) in [5, 5.41) is 26.1. The molecule has 3 N–H and O–H groups in total. The number of aromatic nitrogens is 2. The lowest BCUT2D eigenvalue weighted by molar-refractivity contribution is -0.164. The van der Waals surface area contributed by atoms with E-state index in [4.69, 9.17) is 4.52 Å². The molecule has 0 aliphatic heterocycles. The molecule has 3 aromatic rings. The van der Waals surface area contributed by atoms with Gasteiger partial charge in [-0.05, 0) is 67.7 Å². The molecule has 2 aliphatic rings. The quantitative estimate of drug-likeness (QED) is 0.406. The van der Waals surface area contributed by atoms with Crippen LogP contribution in [0.4, 0.5) is 0 Å². The second-order valence-electron chi connectivity index (χ2n) is 9.48. The van der Waals surface area contributed by atoms with E-state index in [1.54, 1.807) is 0 Å². The van der Waals surface area contributed by atoms with Gasteiger partial charge in [-0.3, -0.25) is 9.59 Å². The van der Waals surface area contributed by atoms with Gasteiger partial charge in [0.05, 0.1) is 0 Å². The number of carboxylic acids is 2. The fourth-order valence-electron chi connectivity index (χ4n) is 4.63. The third-order valence-electron chi connectivity index (χ3n) is 6.99. The molecule has 1 atom stereocenters. The fraction of sp³-hybridized carbons (Fsp3) is 0.385. The molecular weight excluding hydrogens is 434 g/mol. The van der Waals surface area contributed by atoms with Crippen LogP contribution in [0.2, 0.25) is 0 Å². The molecule has 2 saturated carbocycles. The third kappa shape index (κ3) is 4.59. The largest absolute Gasteiger partial charge is 0.480 e. The second-order valence-corrected chi connectivity index (χ2v) is 9.48. The summed E-state index contributed by atoms with van der Waals surface area (Å²) >= 11 is 0. The molecule has 1 aromatic heterocycles. The van der Waals surface area contributed by atoms with Gasteiger partial charge in [-0.25, -0.2) is 0 Å². The first-order valence-corrected chi connectivity index (χ1v) is 11.7. The predicted molar refractivity (Wildman–Crippen MR) is 124 cm³/mol. The molecular formula is C26H27N3O5. The molecule has 2 fully saturated rings. The molecule has 2 aromatic carbocycles. The standard InChI is InChI=1S/C26H27N3O5/c30-24(31)26(25(32)33)12-11-21(14-26)27-15-18-5-7-19(8-6-18)22-28-23(34-29-22)20-9-3-17(4-10-20)13-16-1-2-16/h3-10,16,21,27H,1-2,11-15H2,(H,30,31)(H,32,33). The topological polar surface area (TPSA) is 126 Å². The van der Waals surface area contributed by atoms with Crippen LogP contribution in [-0.4, -0.2) is 38.3 Å². The maximum atomic E-state index is 11.5. The van der Waals surface area contributed by atoms with E-state index in [9.17, 15) is 19.8 Å². The van der Waals surface area contributed by atoms with Crippen molar-refractivity contribution in [2.45, 2.75) is 51.1 Å². The van der Waals surface area contributed by atoms with E-state index in [0.29, 0.717) is 24.7 Å². The third-order valence-corrected chi connectivity index (χ3v) is 6.99. The Morgan fingerprint density at radius 1 is 0.941 bits per heavy atom. The van der Waals surface area contributed by atoms with Crippen LogP contribution in [0.25, 0.3) is 22.8 Å². The summed E-state index contributed by atoms with van der Waals surface area (Å²) in [6.45, 7) is 0.519. The monoisotopic (exact) mass is 461 g/mol. The molecule has 1 unspecified atom stereocenters. The van der Waals surface area contributed by atoms with Crippen molar-refractivity contribution in [2.24, 2.45) is 11.3 Å². The van der Waals surface area contributed by atoms with Crippen LogP contribution < -0.4 is 5.32 Å². The minimum absolute atomic E-state index is 0.0863. The van der Waals surface area contributed by atoms with Crippen LogP contribution in [0, 0.1) is 11.3 Å². The minimum Gasteiger partial charge on any atom is -0.480 e. The van der Waals surface area contributed by atoms with Crippen molar-refractivity contribution < 1.29 is 24.3 Å². The molecule has 1 heterocycles. The number of rotatable bonds is 9. The maximum Gasteiger partial charge on any atom is 0.321 e. The zero-order valence-electron chi connectivity index (χ0n) is 18.7. The van der Waals surface area contributed by atoms with E-state index in [0.717, 1.165) is 29.0 Å². The highest BCUT2D eigenvalue weighted by atomic mass is 16.5. The van der Waals surface area contributed by atoms with Crippen LogP contribution in [-0.2, 0) is 22.6 Å². The number of benzene rings is 2. The van der Waals surface area contributed by atoms with E-state index in [-0.39, 0.29) is 18.9 Å². The van der Waals surface area contributed by atoms with Gasteiger partial charge < -0.3 is 20.1 Å². The molecule has 0 spiro atoms. The lowest BCUT2D eigenvalue weighted by Crippen LogP contribution is -2.39. The SMILES string of the molecule is O=C(O)C1(C(=O)O)CCC(NCc2ccc(-c3noc(-c4ccc(CC5CC5)cc4)n3)cc2)C1. The van der Waals surface area contributed by atoms with E-state index >= 15 is 0 Å². The maximum absolute atomic E-state index is 11.5. The highest BCUT2D eigenvalue weighted by Crippen LogP contribution is 2.39. The van der Waals surface area contributed by atoms with Crippen LogP contribution in [0.5, 0.6) is 0 Å². The molecule has 34 heavy (non-hydrogen) atoms. The Labute approximate surface area is 197 Å². The van der Waals surface area contributed by atoms with Crippen molar-refractivity contribution in [2.75, 3.05) is 0 Å². The zero-order valence-corrected chi connectivity index (χ0v) is 18.7. The van der Waals surface area contributed by atoms with Crippen molar-refractivity contribution in [3.63, 3.8) is 0 Å². The number of hydrogen-bond donors (Lipinski definition) is 3. The second kappa shape index (κ2) is 9.02. The molecule has 0 amide bonds. The van der Waals surface area contributed by atoms with E-state index in [1.165, 1.54) is 18.4 Å². The number of aliphatic carboxylic acids is 2. The Hall–Kier alpha value is -3.52. The van der Waals surface area contributed by atoms with Crippen molar-refractivity contribution in [1.29, 1.82) is 0 Å². The Bertz CT molecular complexity index is 1170. The van der Waals surface area contributed by atoms with Gasteiger partial charge in [0.25, 0.3) is 5.89 Å². The van der Waals surface area contributed by atoms with Crippen molar-refractivity contribution in [3.8, 4) is 22.8 Å². The lowest BCUT2D eigenvalue weighted by atomic mass is 9.86. The van der Waals surface area contributed by atoms with Crippen LogP contribution in [0.1, 0.15) is 43.2 Å². The summed E-state index contributed by atoms with van der Waals surface area (Å²) in [6, 6.07) is 15.9. The van der Waals surface area contributed by atoms with Gasteiger partial charge in [0.1, 0.15) is 0 Å². The Balaban J connectivity index is 1.18. The summed E-state index contributed by atoms with van der Waals surface area (Å²) in [6.07, 6.45) is 4.54. The van der Waals surface area contributed by atoms with Gasteiger partial charge >= 0.3 is 11.9 Å². The number of nitrogens with one attached hydrogen (secondary N) is 1. The molecule has 5 rings (SSSR count). The van der Waals surface area contributed by atoms with Gasteiger partial charge in [-0.15, -0.1) is 0 Å². The predicted octanol–water partition coefficient (Wildman–Crippen LogP) is 4.15. The first-order chi connectivity index (χ1) is 16.4. The molecule has 0 bridgehead atoms. The van der Waals surface area contributed by atoms with Gasteiger partial charge in [-0.1, -0.05) is 41.6 Å². The number of carboxylic acid groups (broad SMARTS) is 2. The lowest BCUT2D eigenvalue weighted by Gasteiger charge is -2.19. The molecule has 176 valence electrons. The highest BCUT2D eigenvalue weighted by molar-refractivity contribution is 5.98. The first kappa shape index (κ1) is 22.3. The van der Waals surface area contributed by atoms with E-state index in [2.05, 4.69) is 27.6 Å². The van der Waals surface area contributed by atoms with Crippen LogP contribution in [0.15, 0.2) is 53.1 Å². The summed E-state index contributed by atoms with van der Waals surface area (Å²) in [5.74, 6) is -0.676. The fourth-order valence-corrected chi connectivity index (χ4v) is 4.63. The van der Waals surface area contributed by atoms with Gasteiger partial charge in [0.15, 0.2) is 5.41 Å². The normalized spacial score (nSPS) is 19.2. The molecule has 2 aliphatic carbocycles. The number of nitrogens with zero attached hydrogens (tertiary/aromatic N) is 2. The molecule has 0 radical (unpaired) electrons. The van der Waals surface area contributed by atoms with Gasteiger partial charge in [0.2, 0.25) is 5.82 Å². The van der Waals surface area contributed by atoms with E-state index in [1.807, 2.05) is 36.4 Å². The van der Waals surface area contributed by atoms with Crippen molar-refractivity contribution in [3.05, 3.63) is 59.7 Å². The summed E-state index contributed by atoms with van der Waals surface area (Å²) in [4.78, 5) is 27.5. The molecule has 0 saturated heterocycles. The van der Waals surface area contributed by atoms with E-state index < -0.39 is 17.4 Å². The number of hydrogen-bond acceptors (Lipinski definition) is 6. The van der Waals surface area contributed by atoms with Crippen molar-refractivity contribution in [1.82, 2.24) is 15.5 Å². The number of carbonyl (C=O) groups is 2. The van der Waals surface area contributed by atoms with Crippen LogP contribution in [0.3, 0.4) is 0 Å². The van der Waals surface area contributed by atoms with Gasteiger partial charge in [-0.2, -0.15) is 4.98 Å². The molecule has 8 heteroatoms. The Morgan fingerprint density at radius 2 is 1.59 bits per heavy atom. The summed E-state index contributed by atoms with van der Waals surface area (Å²) in [7, 11) is 0. The van der Waals surface area contributed by atoms with Gasteiger partial charge in [0, 0.05) is 23.7 Å². The first-order valence-electron chi connectivity index (χ1n) is 11.7. The highest BCUT2D eigenvalue weighted by Gasteiger charge is 2.51.